The Bertz CT molecular complexity index is 4130. The van der Waals surface area contributed by atoms with Crippen LogP contribution < -0.4 is 4.90 Å². The van der Waals surface area contributed by atoms with E-state index in [4.69, 9.17) is 0 Å². The number of aliphatic hydroxyl groups is 4. The number of rotatable bonds is 15. The van der Waals surface area contributed by atoms with Crippen LogP contribution in [0, 0.1) is 0 Å². The number of anilines is 2. The summed E-state index contributed by atoms with van der Waals surface area (Å²) in [6, 6.07) is 63.9. The van der Waals surface area contributed by atoms with E-state index in [1.807, 2.05) is 139 Å². The fraction of sp³-hybridized carbons (Fsp3) is 0.165. The molecule has 470 valence electrons. The third-order valence-corrected chi connectivity index (χ3v) is 17.5. The number of fused-ring (bicyclic) bond motifs is 3. The number of nitrogens with zero attached hydrogens (tertiary/aromatic N) is 9. The third kappa shape index (κ3) is 14.2. The highest BCUT2D eigenvalue weighted by Gasteiger charge is 2.51. The molecule has 0 radical (unpaired) electrons. The lowest BCUT2D eigenvalue weighted by atomic mass is 9.61. The Morgan fingerprint density at radius 2 is 0.649 bits per heavy atom. The van der Waals surface area contributed by atoms with Crippen LogP contribution in [0.15, 0.2) is 299 Å². The van der Waals surface area contributed by atoms with Crippen molar-refractivity contribution in [3.8, 4) is 0 Å². The summed E-state index contributed by atoms with van der Waals surface area (Å²) in [7, 11) is 0. The normalized spacial score (nSPS) is 14.9. The lowest BCUT2D eigenvalue weighted by Gasteiger charge is -2.41. The molecular weight excluding hydrogens is 1170 g/mol. The molecule has 15 heteroatoms. The summed E-state index contributed by atoms with van der Waals surface area (Å²) in [4.78, 5) is 61.5. The van der Waals surface area contributed by atoms with Gasteiger partial charge in [0.15, 0.2) is 5.78 Å². The van der Waals surface area contributed by atoms with Gasteiger partial charge in [-0.25, -0.2) is 0 Å². The topological polar surface area (TPSA) is 221 Å². The first-order valence-electron chi connectivity index (χ1n) is 30.5. The monoisotopic (exact) mass is 1240 g/mol. The van der Waals surface area contributed by atoms with Crippen LogP contribution in [-0.4, -0.2) is 72.0 Å². The second-order valence-electron chi connectivity index (χ2n) is 23.3. The van der Waals surface area contributed by atoms with E-state index in [1.165, 1.54) is 11.1 Å². The number of aromatic nitrogens is 8. The van der Waals surface area contributed by atoms with E-state index >= 15 is 0 Å². The fourth-order valence-electron chi connectivity index (χ4n) is 12.5. The fourth-order valence-corrected chi connectivity index (χ4v) is 12.5. The summed E-state index contributed by atoms with van der Waals surface area (Å²) in [5.41, 5.74) is 9.91. The Hall–Kier alpha value is -10.9. The van der Waals surface area contributed by atoms with Crippen LogP contribution in [0.25, 0.3) is 0 Å². The minimum Gasteiger partial charge on any atom is -0.385 e. The maximum Gasteiger partial charge on any atom is 0.242 e. The summed E-state index contributed by atoms with van der Waals surface area (Å²) in [5.74, 6) is 0.208. The molecule has 0 saturated carbocycles. The van der Waals surface area contributed by atoms with Crippen molar-refractivity contribution >= 4 is 23.1 Å². The number of benzene rings is 4. The summed E-state index contributed by atoms with van der Waals surface area (Å²) >= 11 is 0. The van der Waals surface area contributed by atoms with Crippen molar-refractivity contribution in [2.75, 3.05) is 4.90 Å². The van der Waals surface area contributed by atoms with Gasteiger partial charge >= 0.3 is 0 Å². The van der Waals surface area contributed by atoms with Crippen molar-refractivity contribution in [2.24, 2.45) is 0 Å². The first-order valence-corrected chi connectivity index (χ1v) is 30.5. The number of pyridine rings is 8. The van der Waals surface area contributed by atoms with Gasteiger partial charge in [0.1, 0.15) is 23.4 Å². The van der Waals surface area contributed by atoms with E-state index in [1.54, 1.807) is 137 Å². The van der Waals surface area contributed by atoms with E-state index in [0.717, 1.165) is 63.2 Å². The number of hydrogen-bond donors (Lipinski definition) is 4. The smallest absolute Gasteiger partial charge is 0.242 e. The van der Waals surface area contributed by atoms with Crippen LogP contribution in [0.1, 0.15) is 111 Å². The molecular formula is C79H73N9O6. The quantitative estimate of drug-likeness (QED) is 0.0750. The zero-order valence-corrected chi connectivity index (χ0v) is 51.4. The van der Waals surface area contributed by atoms with Crippen molar-refractivity contribution in [3.05, 3.63) is 372 Å². The summed E-state index contributed by atoms with van der Waals surface area (Å²) in [5, 5.41) is 41.2. The largest absolute Gasteiger partial charge is 0.385 e. The molecule has 4 atom stereocenters. The highest BCUT2D eigenvalue weighted by molar-refractivity contribution is 6.14. The Morgan fingerprint density at radius 3 is 1.01 bits per heavy atom. The van der Waals surface area contributed by atoms with E-state index in [-0.39, 0.29) is 24.5 Å². The van der Waals surface area contributed by atoms with Gasteiger partial charge in [0.05, 0.1) is 11.1 Å². The maximum atomic E-state index is 14.2. The summed E-state index contributed by atoms with van der Waals surface area (Å²) < 4.78 is 0. The maximum absolute atomic E-state index is 14.2. The molecule has 0 saturated heterocycles. The highest BCUT2D eigenvalue weighted by Crippen LogP contribution is 2.50. The molecule has 8 aromatic heterocycles. The summed E-state index contributed by atoms with van der Waals surface area (Å²) in [6.07, 6.45) is 28.1. The van der Waals surface area contributed by atoms with Crippen molar-refractivity contribution in [1.29, 1.82) is 0 Å². The number of amides is 1. The average Bonchev–Trinajstić information content (AvgIpc) is 1.23. The molecule has 4 aromatic carbocycles. The molecule has 0 bridgehead atoms. The van der Waals surface area contributed by atoms with E-state index in [0.29, 0.717) is 35.1 Å². The molecule has 4 N–H and O–H groups in total. The number of para-hydroxylation sites is 2. The average molecular weight is 1240 g/mol. The van der Waals surface area contributed by atoms with Crippen molar-refractivity contribution in [2.45, 2.75) is 81.2 Å². The molecule has 0 spiro atoms. The predicted octanol–water partition coefficient (Wildman–Crippen LogP) is 13.1. The van der Waals surface area contributed by atoms with Crippen LogP contribution in [0.5, 0.6) is 0 Å². The molecule has 94 heavy (non-hydrogen) atoms. The third-order valence-electron chi connectivity index (χ3n) is 17.5. The molecule has 14 rings (SSSR count). The predicted molar refractivity (Wildman–Crippen MR) is 363 cm³/mol. The molecule has 9 heterocycles. The first-order chi connectivity index (χ1) is 45.3. The number of ketones is 1. The number of aliphatic hydroxyl groups excluding tert-OH is 2. The number of hydrogen-bond acceptors (Lipinski definition) is 14. The summed E-state index contributed by atoms with van der Waals surface area (Å²) in [6.45, 7) is 3.17. The minimum atomic E-state index is -1.42. The molecule has 2 unspecified atom stereocenters. The van der Waals surface area contributed by atoms with E-state index < -0.39 is 28.8 Å². The van der Waals surface area contributed by atoms with Gasteiger partial charge in [0.2, 0.25) is 5.91 Å². The van der Waals surface area contributed by atoms with Gasteiger partial charge in [-0.15, -0.1) is 0 Å². The van der Waals surface area contributed by atoms with Crippen molar-refractivity contribution in [1.82, 2.24) is 39.9 Å². The Kier molecular flexibility index (Phi) is 21.1. The molecule has 2 aliphatic rings. The Balaban J connectivity index is 0.000000141. The highest BCUT2D eigenvalue weighted by atomic mass is 16.4. The second kappa shape index (κ2) is 30.0. The van der Waals surface area contributed by atoms with Gasteiger partial charge in [0, 0.05) is 121 Å². The molecule has 12 aromatic rings. The van der Waals surface area contributed by atoms with Gasteiger partial charge in [-0.05, 0) is 216 Å². The van der Waals surface area contributed by atoms with Crippen LogP contribution in [0.2, 0.25) is 0 Å². The van der Waals surface area contributed by atoms with Gasteiger partial charge < -0.3 is 20.4 Å². The number of carbonyl (C=O) groups is 2. The number of carbonyl (C=O) groups excluding carboxylic acids is 2. The van der Waals surface area contributed by atoms with Gasteiger partial charge in [0.25, 0.3) is 0 Å². The lowest BCUT2D eigenvalue weighted by Crippen LogP contribution is -2.45. The van der Waals surface area contributed by atoms with Gasteiger partial charge in [-0.1, -0.05) is 92.4 Å². The van der Waals surface area contributed by atoms with Crippen LogP contribution in [-0.2, 0) is 52.5 Å². The van der Waals surface area contributed by atoms with Crippen LogP contribution >= 0.6 is 0 Å². The Labute approximate surface area is 548 Å². The van der Waals surface area contributed by atoms with Crippen LogP contribution in [0.4, 0.5) is 11.4 Å². The second-order valence-corrected chi connectivity index (χ2v) is 23.3. The Morgan fingerprint density at radius 1 is 0.362 bits per heavy atom. The molecule has 1 aliphatic carbocycles. The minimum absolute atomic E-state index is 0. The molecule has 1 amide bonds. The molecule has 15 nitrogen and oxygen atoms in total. The van der Waals surface area contributed by atoms with Gasteiger partial charge in [-0.2, -0.15) is 0 Å². The zero-order valence-electron chi connectivity index (χ0n) is 51.4. The van der Waals surface area contributed by atoms with E-state index in [2.05, 4.69) is 82.3 Å². The standard InChI is InChI=1S/C26H21N3O.C26H20N2O.C14H16N2O2.C12H12N2O2.CH4/c30-25-26(18-20-10-14-27-15-11-20,19-21-12-16-28-17-13-21)23-8-4-5-9-24(23)29(25)22-6-2-1-3-7-22;29-25-21-5-1-3-7-23(21)26(17-19-9-13-27-14-10-19,18-20-11-15-28-16-12-20)24-8-4-2-6-22(24)25;1-13(17,11-3-7-15-8-4-11)14(2,18)12-5-9-16-10-6-12;15-11(9-1-5-13-6-2-9)12(16)10-3-7-14-8-4-10;/h1-17H,18-19H2;1-16H,17-18H2;3-10,17-18H,1-2H3;1-8,11-12,15-16H;1H4/t;;;11-,12+;. The zero-order chi connectivity index (χ0) is 64.7. The molecule has 1 aliphatic heterocycles. The van der Waals surface area contributed by atoms with E-state index in [9.17, 15) is 30.0 Å². The lowest BCUT2D eigenvalue weighted by molar-refractivity contribution is -0.143. The van der Waals surface area contributed by atoms with Gasteiger partial charge in [-0.3, -0.25) is 54.4 Å². The van der Waals surface area contributed by atoms with Crippen molar-refractivity contribution in [3.63, 3.8) is 0 Å². The SMILES string of the molecule is C.CC(O)(c1ccncc1)C(C)(O)c1ccncc1.O=C1N(c2ccccc2)c2ccccc2C1(Cc1ccncc1)Cc1ccncc1.O=C1c2ccccc2C(Cc2ccncc2)(Cc2ccncc2)c2ccccc21.O[C@H](c1ccncc1)[C@@H](O)c1ccncc1. The molecule has 0 fully saturated rings. The first kappa shape index (κ1) is 66.0. The van der Waals surface area contributed by atoms with Crippen LogP contribution in [0.3, 0.4) is 0 Å². The van der Waals surface area contributed by atoms with Crippen molar-refractivity contribution < 1.29 is 30.0 Å².